The van der Waals surface area contributed by atoms with Gasteiger partial charge in [-0.25, -0.2) is 0 Å². The van der Waals surface area contributed by atoms with Crippen molar-refractivity contribution < 1.29 is 0 Å². The van der Waals surface area contributed by atoms with Crippen molar-refractivity contribution in [3.05, 3.63) is 33.8 Å². The number of likely N-dealkylation sites (N-methyl/N-ethyl adjacent to an activating group) is 1. The molecule has 0 radical (unpaired) electrons. The average molecular weight is 291 g/mol. The predicted octanol–water partition coefficient (Wildman–Crippen LogP) is 3.66. The Kier molecular flexibility index (Phi) is 5.67. The second-order valence-corrected chi connectivity index (χ2v) is 4.99. The van der Waals surface area contributed by atoms with Crippen LogP contribution in [0.3, 0.4) is 0 Å². The molecule has 1 rings (SSSR count). The van der Waals surface area contributed by atoms with Gasteiger partial charge in [-0.1, -0.05) is 55.3 Å². The van der Waals surface area contributed by atoms with E-state index < -0.39 is 0 Å². The summed E-state index contributed by atoms with van der Waals surface area (Å²) in [4.78, 5) is 2.63. The third-order valence-corrected chi connectivity index (χ3v) is 3.67. The van der Waals surface area contributed by atoms with E-state index in [-0.39, 0.29) is 6.04 Å². The summed E-state index contributed by atoms with van der Waals surface area (Å²) in [5.41, 5.74) is 6.80. The van der Waals surface area contributed by atoms with Gasteiger partial charge in [-0.2, -0.15) is 0 Å². The van der Waals surface area contributed by atoms with Crippen LogP contribution in [0.15, 0.2) is 18.2 Å². The summed E-state index contributed by atoms with van der Waals surface area (Å²) in [6.07, 6.45) is 0. The highest BCUT2D eigenvalue weighted by Gasteiger charge is 2.21. The predicted molar refractivity (Wildman–Crippen MR) is 78.9 cm³/mol. The Morgan fingerprint density at radius 1 is 1.29 bits per heavy atom. The van der Waals surface area contributed by atoms with Crippen molar-refractivity contribution in [1.82, 2.24) is 4.90 Å². The summed E-state index contributed by atoms with van der Waals surface area (Å²) in [7, 11) is 0. The Balaban J connectivity index is 3.13. The lowest BCUT2D eigenvalue weighted by Gasteiger charge is -2.29. The van der Waals surface area contributed by atoms with Gasteiger partial charge < -0.3 is 5.73 Å². The van der Waals surface area contributed by atoms with E-state index >= 15 is 0 Å². The molecule has 0 heterocycles. The van der Waals surface area contributed by atoms with Gasteiger partial charge >= 0.3 is 0 Å². The third kappa shape index (κ3) is 3.55. The van der Waals surface area contributed by atoms with E-state index in [1.807, 2.05) is 12.1 Å². The summed E-state index contributed by atoms with van der Waals surface area (Å²) in [6, 6.07) is 5.42. The van der Waals surface area contributed by atoms with Gasteiger partial charge in [0.05, 0.1) is 21.1 Å². The highest BCUT2D eigenvalue weighted by Crippen LogP contribution is 2.28. The molecule has 2 N–H and O–H groups in total. The first-order valence-corrected chi connectivity index (χ1v) is 6.66. The number of rotatable bonds is 5. The van der Waals surface area contributed by atoms with Crippen molar-refractivity contribution in [2.75, 3.05) is 13.1 Å². The topological polar surface area (TPSA) is 29.3 Å². The van der Waals surface area contributed by atoms with E-state index in [1.165, 1.54) is 0 Å². The van der Waals surface area contributed by atoms with E-state index in [1.54, 1.807) is 6.07 Å². The van der Waals surface area contributed by atoms with Crippen LogP contribution in [0.1, 0.15) is 25.5 Å². The highest BCUT2D eigenvalue weighted by molar-refractivity contribution is 7.80. The minimum atomic E-state index is -0.0882. The zero-order valence-electron chi connectivity index (χ0n) is 9.91. The first-order chi connectivity index (χ1) is 8.01. The molecule has 0 saturated heterocycles. The summed E-state index contributed by atoms with van der Waals surface area (Å²) < 4.78 is 0. The molecular weight excluding hydrogens is 275 g/mol. The molecule has 1 atom stereocenters. The van der Waals surface area contributed by atoms with Crippen molar-refractivity contribution >= 4 is 40.4 Å². The summed E-state index contributed by atoms with van der Waals surface area (Å²) >= 11 is 17.1. The molecule has 0 spiro atoms. The van der Waals surface area contributed by atoms with E-state index in [0.717, 1.165) is 18.7 Å². The van der Waals surface area contributed by atoms with E-state index in [9.17, 15) is 0 Å². The number of nitrogens with zero attached hydrogens (tertiary/aromatic N) is 1. The second-order valence-electron chi connectivity index (χ2n) is 3.70. The van der Waals surface area contributed by atoms with Crippen LogP contribution in [0.5, 0.6) is 0 Å². The van der Waals surface area contributed by atoms with Gasteiger partial charge in [0, 0.05) is 0 Å². The molecule has 1 aromatic rings. The summed E-state index contributed by atoms with van der Waals surface area (Å²) in [6.45, 7) is 5.90. The van der Waals surface area contributed by atoms with E-state index in [0.29, 0.717) is 15.0 Å². The fourth-order valence-corrected chi connectivity index (χ4v) is 2.42. The van der Waals surface area contributed by atoms with Crippen molar-refractivity contribution in [2.45, 2.75) is 19.9 Å². The minimum Gasteiger partial charge on any atom is -0.392 e. The lowest BCUT2D eigenvalue weighted by Crippen LogP contribution is -2.36. The van der Waals surface area contributed by atoms with Crippen molar-refractivity contribution in [2.24, 2.45) is 5.73 Å². The second kappa shape index (κ2) is 6.55. The van der Waals surface area contributed by atoms with Gasteiger partial charge in [-0.05, 0) is 30.8 Å². The molecule has 0 amide bonds. The van der Waals surface area contributed by atoms with Crippen LogP contribution < -0.4 is 5.73 Å². The normalized spacial score (nSPS) is 12.8. The van der Waals surface area contributed by atoms with Crippen molar-refractivity contribution in [1.29, 1.82) is 0 Å². The number of benzene rings is 1. The van der Waals surface area contributed by atoms with Crippen LogP contribution in [-0.2, 0) is 0 Å². The fraction of sp³-hybridized carbons (Fsp3) is 0.417. The van der Waals surface area contributed by atoms with Gasteiger partial charge in [-0.15, -0.1) is 0 Å². The fourth-order valence-electron chi connectivity index (χ4n) is 1.83. The smallest absolute Gasteiger partial charge is 0.0948 e. The largest absolute Gasteiger partial charge is 0.392 e. The van der Waals surface area contributed by atoms with Crippen molar-refractivity contribution in [3.63, 3.8) is 0 Å². The van der Waals surface area contributed by atoms with Crippen LogP contribution in [0.4, 0.5) is 0 Å². The molecule has 0 aliphatic rings. The Bertz CT molecular complexity index is 405. The zero-order valence-corrected chi connectivity index (χ0v) is 12.2. The summed E-state index contributed by atoms with van der Waals surface area (Å²) in [5, 5.41) is 1.06. The average Bonchev–Trinajstić information content (AvgIpc) is 2.29. The maximum Gasteiger partial charge on any atom is 0.0948 e. The highest BCUT2D eigenvalue weighted by atomic mass is 35.5. The minimum absolute atomic E-state index is 0.0882. The Labute approximate surface area is 118 Å². The molecule has 1 unspecified atom stereocenters. The number of halogens is 2. The molecule has 0 aliphatic carbocycles. The van der Waals surface area contributed by atoms with Crippen molar-refractivity contribution in [3.8, 4) is 0 Å². The van der Waals surface area contributed by atoms with Gasteiger partial charge in [0.25, 0.3) is 0 Å². The molecule has 0 fully saturated rings. The number of hydrogen-bond acceptors (Lipinski definition) is 2. The lowest BCUT2D eigenvalue weighted by atomic mass is 10.1. The Morgan fingerprint density at radius 3 is 2.29 bits per heavy atom. The van der Waals surface area contributed by atoms with Crippen LogP contribution >= 0.6 is 35.4 Å². The number of nitrogens with two attached hydrogens (primary N) is 1. The number of hydrogen-bond donors (Lipinski definition) is 1. The first-order valence-electron chi connectivity index (χ1n) is 5.49. The maximum absolute atomic E-state index is 6.02. The Hall–Kier alpha value is -0.350. The SMILES string of the molecule is CCN(CC)C(C(N)=S)c1ccc(Cl)c(Cl)c1. The lowest BCUT2D eigenvalue weighted by molar-refractivity contribution is 0.272. The first kappa shape index (κ1) is 14.7. The third-order valence-electron chi connectivity index (χ3n) is 2.71. The molecular formula is C12H16Cl2N2S. The molecule has 0 aliphatic heterocycles. The zero-order chi connectivity index (χ0) is 13.0. The van der Waals surface area contributed by atoms with E-state index in [4.69, 9.17) is 41.2 Å². The molecule has 1 aromatic carbocycles. The van der Waals surface area contributed by atoms with Crippen LogP contribution in [0.25, 0.3) is 0 Å². The molecule has 0 aromatic heterocycles. The van der Waals surface area contributed by atoms with Gasteiger partial charge in [0.15, 0.2) is 0 Å². The molecule has 5 heteroatoms. The monoisotopic (exact) mass is 290 g/mol. The Morgan fingerprint density at radius 2 is 1.88 bits per heavy atom. The van der Waals surface area contributed by atoms with Crippen LogP contribution in [0.2, 0.25) is 10.0 Å². The van der Waals surface area contributed by atoms with Gasteiger partial charge in [0.1, 0.15) is 0 Å². The summed E-state index contributed by atoms with van der Waals surface area (Å²) in [5.74, 6) is 0. The molecule has 2 nitrogen and oxygen atoms in total. The van der Waals surface area contributed by atoms with Gasteiger partial charge in [-0.3, -0.25) is 4.90 Å². The van der Waals surface area contributed by atoms with Gasteiger partial charge in [0.2, 0.25) is 0 Å². The molecule has 0 bridgehead atoms. The number of thiocarbonyl (C=S) groups is 1. The van der Waals surface area contributed by atoms with Crippen LogP contribution in [-0.4, -0.2) is 23.0 Å². The molecule has 94 valence electrons. The quantitative estimate of drug-likeness (QED) is 0.839. The standard InChI is InChI=1S/C12H16Cl2N2S/c1-3-16(4-2)11(12(15)17)8-5-6-9(13)10(14)7-8/h5-7,11H,3-4H2,1-2H3,(H2,15,17). The molecule has 17 heavy (non-hydrogen) atoms. The maximum atomic E-state index is 6.02. The van der Waals surface area contributed by atoms with Crippen LogP contribution in [0, 0.1) is 0 Å². The molecule has 0 saturated carbocycles. The van der Waals surface area contributed by atoms with E-state index in [2.05, 4.69) is 18.7 Å².